The van der Waals surface area contributed by atoms with E-state index in [0.717, 1.165) is 64.0 Å². The van der Waals surface area contributed by atoms with Crippen LogP contribution in [0.2, 0.25) is 0 Å². The summed E-state index contributed by atoms with van der Waals surface area (Å²) in [6, 6.07) is 8.32. The van der Waals surface area contributed by atoms with Crippen molar-refractivity contribution in [3.63, 3.8) is 0 Å². The third-order valence-corrected chi connectivity index (χ3v) is 10.5. The molecular formula is C27H38N4O5S. The van der Waals surface area contributed by atoms with E-state index in [9.17, 15) is 13.2 Å². The van der Waals surface area contributed by atoms with Crippen LogP contribution in [0.1, 0.15) is 55.2 Å². The fourth-order valence-electron chi connectivity index (χ4n) is 6.46. The van der Waals surface area contributed by atoms with Crippen molar-refractivity contribution in [2.75, 3.05) is 45.9 Å². The first-order valence-corrected chi connectivity index (χ1v) is 14.8. The molecule has 0 N–H and O–H groups in total. The molecule has 1 amide bonds. The highest BCUT2D eigenvalue weighted by Crippen LogP contribution is 2.44. The van der Waals surface area contributed by atoms with E-state index in [4.69, 9.17) is 9.26 Å². The predicted octanol–water partition coefficient (Wildman–Crippen LogP) is 3.70. The summed E-state index contributed by atoms with van der Waals surface area (Å²) in [5, 5.41) is 3.90. The standard InChI is InChI=1S/C27H38N4O5S/c1-4-35-26(32)30-13-9-22(10-14-30)17-29-15-11-27(12-16-29)19-31(18-23-7-5-6-8-24(23)27)37(33,34)25-20(2)28-36-21(25)3/h5-8,22H,4,9-19H2,1-3H3. The second-order valence-corrected chi connectivity index (χ2v) is 12.7. The highest BCUT2D eigenvalue weighted by molar-refractivity contribution is 7.89. The van der Waals surface area contributed by atoms with Gasteiger partial charge in [0.25, 0.3) is 0 Å². The number of piperidine rings is 2. The van der Waals surface area contributed by atoms with Crippen LogP contribution in [0, 0.1) is 19.8 Å². The minimum atomic E-state index is -3.73. The Kier molecular flexibility index (Phi) is 7.35. The molecule has 9 nitrogen and oxygen atoms in total. The van der Waals surface area contributed by atoms with E-state index < -0.39 is 10.0 Å². The molecule has 1 spiro atoms. The van der Waals surface area contributed by atoms with Gasteiger partial charge in [0.1, 0.15) is 10.6 Å². The summed E-state index contributed by atoms with van der Waals surface area (Å²) in [6.07, 6.45) is 3.62. The Morgan fingerprint density at radius 1 is 1.14 bits per heavy atom. The number of aryl methyl sites for hydroxylation is 2. The molecule has 2 saturated heterocycles. The molecule has 0 aliphatic carbocycles. The van der Waals surface area contributed by atoms with Crippen molar-refractivity contribution in [3.05, 3.63) is 46.8 Å². The number of carbonyl (C=O) groups is 1. The number of carbonyl (C=O) groups excluding carboxylic acids is 1. The third kappa shape index (κ3) is 5.03. The summed E-state index contributed by atoms with van der Waals surface area (Å²) < 4.78 is 39.5. The van der Waals surface area contributed by atoms with Gasteiger partial charge in [0.05, 0.1) is 6.61 Å². The first-order chi connectivity index (χ1) is 17.7. The second-order valence-electron chi connectivity index (χ2n) is 10.8. The van der Waals surface area contributed by atoms with Crippen LogP contribution >= 0.6 is 0 Å². The minimum Gasteiger partial charge on any atom is -0.450 e. The van der Waals surface area contributed by atoms with Gasteiger partial charge in [-0.3, -0.25) is 0 Å². The Morgan fingerprint density at radius 2 is 1.84 bits per heavy atom. The van der Waals surface area contributed by atoms with Crippen molar-refractivity contribution >= 4 is 16.1 Å². The number of sulfonamides is 1. The van der Waals surface area contributed by atoms with E-state index in [1.54, 1.807) is 18.2 Å². The maximum absolute atomic E-state index is 13.7. The molecule has 0 unspecified atom stereocenters. The van der Waals surface area contributed by atoms with Crippen LogP contribution in [0.5, 0.6) is 0 Å². The predicted molar refractivity (Wildman–Crippen MR) is 139 cm³/mol. The summed E-state index contributed by atoms with van der Waals surface area (Å²) >= 11 is 0. The van der Waals surface area contributed by atoms with E-state index in [-0.39, 0.29) is 16.4 Å². The van der Waals surface area contributed by atoms with Gasteiger partial charge in [0.2, 0.25) is 10.0 Å². The average Bonchev–Trinajstić information content (AvgIpc) is 3.24. The number of hydrogen-bond acceptors (Lipinski definition) is 7. The molecular weight excluding hydrogens is 492 g/mol. The summed E-state index contributed by atoms with van der Waals surface area (Å²) in [5.41, 5.74) is 2.59. The number of rotatable bonds is 5. The molecule has 0 saturated carbocycles. The molecule has 0 bridgehead atoms. The Balaban J connectivity index is 1.28. The lowest BCUT2D eigenvalue weighted by Gasteiger charge is -2.48. The molecule has 0 atom stereocenters. The smallest absolute Gasteiger partial charge is 0.409 e. The lowest BCUT2D eigenvalue weighted by Crippen LogP contribution is -2.54. The lowest BCUT2D eigenvalue weighted by atomic mass is 9.69. The first-order valence-electron chi connectivity index (χ1n) is 13.4. The molecule has 2 aromatic rings. The molecule has 202 valence electrons. The largest absolute Gasteiger partial charge is 0.450 e. The van der Waals surface area contributed by atoms with Crippen molar-refractivity contribution in [3.8, 4) is 0 Å². The third-order valence-electron chi connectivity index (χ3n) is 8.45. The molecule has 3 aliphatic heterocycles. The SMILES string of the molecule is CCOC(=O)N1CCC(CN2CCC3(CC2)CN(S(=O)(=O)c2c(C)noc2C)Cc2ccccc23)CC1. The molecule has 10 heteroatoms. The van der Waals surface area contributed by atoms with Gasteiger partial charge >= 0.3 is 6.09 Å². The van der Waals surface area contributed by atoms with E-state index in [1.165, 1.54) is 5.56 Å². The van der Waals surface area contributed by atoms with Gasteiger partial charge in [-0.05, 0) is 76.6 Å². The van der Waals surface area contributed by atoms with E-state index >= 15 is 0 Å². The quantitative estimate of drug-likeness (QED) is 0.582. The Bertz CT molecular complexity index is 1210. The molecule has 0 radical (unpaired) electrons. The molecule has 3 aliphatic rings. The zero-order valence-corrected chi connectivity index (χ0v) is 22.9. The fourth-order valence-corrected chi connectivity index (χ4v) is 8.25. The van der Waals surface area contributed by atoms with E-state index in [1.807, 2.05) is 17.9 Å². The van der Waals surface area contributed by atoms with E-state index in [2.05, 4.69) is 28.3 Å². The monoisotopic (exact) mass is 530 g/mol. The molecule has 2 fully saturated rings. The summed E-state index contributed by atoms with van der Waals surface area (Å²) in [7, 11) is -3.73. The normalized spacial score (nSPS) is 21.2. The number of amides is 1. The summed E-state index contributed by atoms with van der Waals surface area (Å²) in [4.78, 5) is 16.6. The maximum atomic E-state index is 13.7. The zero-order valence-electron chi connectivity index (χ0n) is 22.1. The lowest BCUT2D eigenvalue weighted by molar-refractivity contribution is 0.0755. The average molecular weight is 531 g/mol. The van der Waals surface area contributed by atoms with Gasteiger partial charge < -0.3 is 19.1 Å². The van der Waals surface area contributed by atoms with Crippen LogP contribution in [0.3, 0.4) is 0 Å². The van der Waals surface area contributed by atoms with Crippen LogP contribution < -0.4 is 0 Å². The number of benzene rings is 1. The van der Waals surface area contributed by atoms with Gasteiger partial charge in [-0.1, -0.05) is 29.4 Å². The van der Waals surface area contributed by atoms with Gasteiger partial charge in [-0.15, -0.1) is 0 Å². The molecule has 1 aromatic carbocycles. The molecule has 1 aromatic heterocycles. The number of hydrogen-bond donors (Lipinski definition) is 0. The van der Waals surface area contributed by atoms with Crippen LogP contribution in [0.4, 0.5) is 4.79 Å². The molecule has 37 heavy (non-hydrogen) atoms. The number of aromatic nitrogens is 1. The fraction of sp³-hybridized carbons (Fsp3) is 0.630. The Morgan fingerprint density at radius 3 is 2.49 bits per heavy atom. The van der Waals surface area contributed by atoms with Crippen LogP contribution in [-0.4, -0.2) is 79.6 Å². The van der Waals surface area contributed by atoms with Gasteiger partial charge in [-0.2, -0.15) is 4.31 Å². The van der Waals surface area contributed by atoms with Crippen molar-refractivity contribution in [2.24, 2.45) is 5.92 Å². The minimum absolute atomic E-state index is 0.201. The highest BCUT2D eigenvalue weighted by Gasteiger charge is 2.46. The van der Waals surface area contributed by atoms with Crippen LogP contribution in [-0.2, 0) is 26.7 Å². The number of ether oxygens (including phenoxy) is 1. The Labute approximate surface area is 219 Å². The topological polar surface area (TPSA) is 96.2 Å². The maximum Gasteiger partial charge on any atom is 0.409 e. The zero-order chi connectivity index (χ0) is 26.2. The Hall–Kier alpha value is -2.43. The van der Waals surface area contributed by atoms with Gasteiger partial charge in [-0.25, -0.2) is 13.2 Å². The number of fused-ring (bicyclic) bond motifs is 2. The van der Waals surface area contributed by atoms with Gasteiger partial charge in [0, 0.05) is 38.1 Å². The number of nitrogens with zero attached hydrogens (tertiary/aromatic N) is 4. The number of likely N-dealkylation sites (tertiary alicyclic amines) is 2. The first kappa shape index (κ1) is 26.2. The second kappa shape index (κ2) is 10.4. The molecule has 4 heterocycles. The van der Waals surface area contributed by atoms with Crippen LogP contribution in [0.15, 0.2) is 33.7 Å². The highest BCUT2D eigenvalue weighted by atomic mass is 32.2. The summed E-state index contributed by atoms with van der Waals surface area (Å²) in [5.74, 6) is 0.906. The summed E-state index contributed by atoms with van der Waals surface area (Å²) in [6.45, 7) is 10.8. The van der Waals surface area contributed by atoms with Crippen molar-refractivity contribution in [1.82, 2.24) is 19.3 Å². The van der Waals surface area contributed by atoms with E-state index in [0.29, 0.717) is 37.1 Å². The van der Waals surface area contributed by atoms with Crippen molar-refractivity contribution in [1.29, 1.82) is 0 Å². The van der Waals surface area contributed by atoms with Crippen molar-refractivity contribution < 1.29 is 22.5 Å². The van der Waals surface area contributed by atoms with Gasteiger partial charge in [0.15, 0.2) is 5.76 Å². The van der Waals surface area contributed by atoms with Crippen molar-refractivity contribution in [2.45, 2.75) is 63.3 Å². The van der Waals surface area contributed by atoms with Crippen LogP contribution in [0.25, 0.3) is 0 Å². The molecule has 5 rings (SSSR count).